The first kappa shape index (κ1) is 25.0. The van der Waals surface area contributed by atoms with Gasteiger partial charge in [-0.05, 0) is 26.7 Å². The molecule has 118 valence electrons. The quantitative estimate of drug-likeness (QED) is 0.436. The van der Waals surface area contributed by atoms with Gasteiger partial charge in [0.15, 0.2) is 0 Å². The number of rotatable bonds is 8. The Morgan fingerprint density at radius 3 is 1.05 bits per heavy atom. The van der Waals surface area contributed by atoms with Crippen LogP contribution in [0.1, 0.15) is 53.4 Å². The molecule has 0 amide bonds. The summed E-state index contributed by atoms with van der Waals surface area (Å²) in [5, 5.41) is 20.4. The predicted octanol–water partition coefficient (Wildman–Crippen LogP) is -0.519. The molecule has 6 nitrogen and oxygen atoms in total. The molecule has 21 heavy (non-hydrogen) atoms. The number of carbonyl (C=O) groups is 4. The van der Waals surface area contributed by atoms with Crippen LogP contribution in [0.3, 0.4) is 0 Å². The first-order chi connectivity index (χ1) is 9.18. The van der Waals surface area contributed by atoms with Crippen molar-refractivity contribution in [3.8, 4) is 0 Å². The molecule has 0 aliphatic heterocycles. The summed E-state index contributed by atoms with van der Waals surface area (Å²) < 4.78 is 0. The van der Waals surface area contributed by atoms with Crippen LogP contribution in [0, 0.1) is 11.8 Å². The zero-order valence-electron chi connectivity index (χ0n) is 12.9. The fraction of sp³-hybridized carbons (Fsp3) is 0.714. The third-order valence-electron chi connectivity index (χ3n) is 2.71. The second-order valence-corrected chi connectivity index (χ2v) is 4.54. The standard InChI is InChI=1S/2C7H12O3.Ti/c2*1-3-4-6(5(2)8)7(9)10;/h2*6H,3-4H2,1-2H3,(H,9,10);/q;;+2/p-2. The van der Waals surface area contributed by atoms with Crippen molar-refractivity contribution in [3.05, 3.63) is 0 Å². The van der Waals surface area contributed by atoms with E-state index >= 15 is 0 Å². The van der Waals surface area contributed by atoms with Crippen LogP contribution in [0.2, 0.25) is 0 Å². The molecule has 0 aliphatic carbocycles. The van der Waals surface area contributed by atoms with Gasteiger partial charge in [-0.3, -0.25) is 9.59 Å². The Kier molecular flexibility index (Phi) is 16.6. The number of hydrogen-bond donors (Lipinski definition) is 0. The van der Waals surface area contributed by atoms with Crippen molar-refractivity contribution in [2.75, 3.05) is 0 Å². The van der Waals surface area contributed by atoms with Crippen molar-refractivity contribution >= 4 is 23.5 Å². The van der Waals surface area contributed by atoms with Crippen LogP contribution < -0.4 is 10.2 Å². The number of carboxylic acid groups (broad SMARTS) is 2. The van der Waals surface area contributed by atoms with E-state index in [-0.39, 0.29) is 33.3 Å². The summed E-state index contributed by atoms with van der Waals surface area (Å²) in [6, 6.07) is 0. The van der Waals surface area contributed by atoms with Gasteiger partial charge in [0.2, 0.25) is 0 Å². The molecule has 0 heterocycles. The molecule has 2 atom stereocenters. The van der Waals surface area contributed by atoms with Crippen molar-refractivity contribution in [1.82, 2.24) is 0 Å². The molecular weight excluding hydrogens is 312 g/mol. The summed E-state index contributed by atoms with van der Waals surface area (Å²) in [6.45, 7) is 6.21. The van der Waals surface area contributed by atoms with Gasteiger partial charge >= 0.3 is 21.7 Å². The molecule has 0 rings (SSSR count). The van der Waals surface area contributed by atoms with Crippen molar-refractivity contribution in [1.29, 1.82) is 0 Å². The summed E-state index contributed by atoms with van der Waals surface area (Å²) in [5.74, 6) is -4.94. The molecule has 0 bridgehead atoms. The smallest absolute Gasteiger partial charge is 0.549 e. The zero-order valence-corrected chi connectivity index (χ0v) is 14.5. The Hall–Kier alpha value is -1.01. The Morgan fingerprint density at radius 1 is 0.762 bits per heavy atom. The first-order valence-electron chi connectivity index (χ1n) is 6.61. The van der Waals surface area contributed by atoms with Gasteiger partial charge in [0.05, 0.1) is 23.8 Å². The molecule has 0 aromatic carbocycles. The van der Waals surface area contributed by atoms with Crippen molar-refractivity contribution in [2.45, 2.75) is 53.4 Å². The third kappa shape index (κ3) is 12.4. The Morgan fingerprint density at radius 2 is 1.00 bits per heavy atom. The number of Topliss-reactive ketones (excluding diaryl/α,β-unsaturated/α-hetero) is 2. The second kappa shape index (κ2) is 14.0. The van der Waals surface area contributed by atoms with Crippen LogP contribution in [-0.4, -0.2) is 23.5 Å². The monoisotopic (exact) mass is 334 g/mol. The summed E-state index contributed by atoms with van der Waals surface area (Å²) in [5.41, 5.74) is 0. The van der Waals surface area contributed by atoms with Gasteiger partial charge in [-0.2, -0.15) is 0 Å². The number of hydrogen-bond acceptors (Lipinski definition) is 6. The topological polar surface area (TPSA) is 114 Å². The third-order valence-corrected chi connectivity index (χ3v) is 2.71. The largest absolute Gasteiger partial charge is 2.00 e. The molecule has 0 aliphatic rings. The molecule has 2 unspecified atom stereocenters. The van der Waals surface area contributed by atoms with Crippen LogP contribution >= 0.6 is 0 Å². The maximum Gasteiger partial charge on any atom is 2.00 e. The fourth-order valence-electron chi connectivity index (χ4n) is 1.55. The Bertz CT molecular complexity index is 291. The maximum absolute atomic E-state index is 10.6. The van der Waals surface area contributed by atoms with Gasteiger partial charge in [0.25, 0.3) is 0 Å². The molecule has 0 saturated carbocycles. The molecule has 0 spiro atoms. The van der Waals surface area contributed by atoms with Gasteiger partial charge in [0, 0.05) is 0 Å². The van der Waals surface area contributed by atoms with Crippen LogP contribution in [0.5, 0.6) is 0 Å². The zero-order chi connectivity index (χ0) is 16.3. The number of carboxylic acids is 2. The number of carbonyl (C=O) groups excluding carboxylic acids is 4. The van der Waals surface area contributed by atoms with Gasteiger partial charge in [0.1, 0.15) is 11.6 Å². The normalized spacial score (nSPS) is 12.0. The number of aliphatic carboxylic acids is 2. The van der Waals surface area contributed by atoms with E-state index in [0.717, 1.165) is 0 Å². The van der Waals surface area contributed by atoms with Crippen molar-refractivity contribution in [3.63, 3.8) is 0 Å². The maximum atomic E-state index is 10.6. The van der Waals surface area contributed by atoms with E-state index in [0.29, 0.717) is 25.7 Å². The van der Waals surface area contributed by atoms with Gasteiger partial charge in [-0.15, -0.1) is 0 Å². The fourth-order valence-corrected chi connectivity index (χ4v) is 1.55. The molecular formula is C14H22O6Ti. The molecule has 7 heteroatoms. The Labute approximate surface area is 140 Å². The van der Waals surface area contributed by atoms with Crippen molar-refractivity contribution < 1.29 is 51.1 Å². The molecule has 0 N–H and O–H groups in total. The summed E-state index contributed by atoms with van der Waals surface area (Å²) in [7, 11) is 0. The molecule has 0 saturated heterocycles. The minimum Gasteiger partial charge on any atom is -0.549 e. The average molecular weight is 334 g/mol. The van der Waals surface area contributed by atoms with Gasteiger partial charge in [-0.1, -0.05) is 26.7 Å². The Balaban J connectivity index is -0.000000295. The van der Waals surface area contributed by atoms with Gasteiger partial charge < -0.3 is 19.8 Å². The minimum absolute atomic E-state index is 0. The SMILES string of the molecule is CCCC(C(C)=O)C(=O)[O-].CCCC(C(C)=O)C(=O)[O-].[Ti+2]. The summed E-state index contributed by atoms with van der Waals surface area (Å²) in [6.07, 6.45) is 2.16. The van der Waals surface area contributed by atoms with E-state index < -0.39 is 23.8 Å². The predicted molar refractivity (Wildman–Crippen MR) is 68.2 cm³/mol. The summed E-state index contributed by atoms with van der Waals surface area (Å²) >= 11 is 0. The van der Waals surface area contributed by atoms with E-state index in [1.54, 1.807) is 0 Å². The van der Waals surface area contributed by atoms with Crippen LogP contribution in [0.15, 0.2) is 0 Å². The van der Waals surface area contributed by atoms with Crippen LogP contribution in [0.25, 0.3) is 0 Å². The number of ketones is 2. The van der Waals surface area contributed by atoms with E-state index in [2.05, 4.69) is 0 Å². The second-order valence-electron chi connectivity index (χ2n) is 4.54. The molecule has 0 radical (unpaired) electrons. The van der Waals surface area contributed by atoms with E-state index in [1.807, 2.05) is 13.8 Å². The summed E-state index contributed by atoms with van der Waals surface area (Å²) in [4.78, 5) is 41.5. The van der Waals surface area contributed by atoms with E-state index in [1.165, 1.54) is 13.8 Å². The van der Waals surface area contributed by atoms with E-state index in [9.17, 15) is 29.4 Å². The molecule has 0 aromatic heterocycles. The minimum atomic E-state index is -1.26. The average Bonchev–Trinajstić information content (AvgIpc) is 2.32. The van der Waals surface area contributed by atoms with Crippen molar-refractivity contribution in [2.24, 2.45) is 11.8 Å². The first-order valence-corrected chi connectivity index (χ1v) is 6.61. The molecule has 0 aromatic rings. The van der Waals surface area contributed by atoms with Crippen LogP contribution in [-0.2, 0) is 40.9 Å². The van der Waals surface area contributed by atoms with Gasteiger partial charge in [-0.25, -0.2) is 0 Å². The molecule has 0 fully saturated rings. The van der Waals surface area contributed by atoms with Crippen LogP contribution in [0.4, 0.5) is 0 Å². The van der Waals surface area contributed by atoms with E-state index in [4.69, 9.17) is 0 Å².